The smallest absolute Gasteiger partial charge is 0.240 e. The molecule has 19 heavy (non-hydrogen) atoms. The first-order chi connectivity index (χ1) is 9.04. The van der Waals surface area contributed by atoms with Gasteiger partial charge in [0.1, 0.15) is 0 Å². The van der Waals surface area contributed by atoms with E-state index in [4.69, 9.17) is 5.11 Å². The third-order valence-corrected chi connectivity index (χ3v) is 3.68. The minimum absolute atomic E-state index is 0.0308. The van der Waals surface area contributed by atoms with Gasteiger partial charge in [-0.15, -0.1) is 0 Å². The van der Waals surface area contributed by atoms with E-state index in [-0.39, 0.29) is 24.1 Å². The third kappa shape index (κ3) is 3.14. The van der Waals surface area contributed by atoms with Crippen molar-refractivity contribution in [3.05, 3.63) is 35.9 Å². The number of amides is 1. The number of hydrogen-bond acceptors (Lipinski definition) is 3. The van der Waals surface area contributed by atoms with Gasteiger partial charge < -0.3 is 15.3 Å². The molecule has 4 heteroatoms. The largest absolute Gasteiger partial charge is 0.396 e. The van der Waals surface area contributed by atoms with Crippen LogP contribution in [0.3, 0.4) is 0 Å². The third-order valence-electron chi connectivity index (χ3n) is 3.68. The monoisotopic (exact) mass is 262 g/mol. The zero-order valence-electron chi connectivity index (χ0n) is 11.6. The van der Waals surface area contributed by atoms with Crippen LogP contribution in [0.5, 0.6) is 0 Å². The minimum atomic E-state index is -0.262. The fourth-order valence-corrected chi connectivity index (χ4v) is 2.45. The molecule has 0 radical (unpaired) electrons. The summed E-state index contributed by atoms with van der Waals surface area (Å²) >= 11 is 0. The summed E-state index contributed by atoms with van der Waals surface area (Å²) in [4.78, 5) is 14.4. The molecule has 104 valence electrons. The lowest BCUT2D eigenvalue weighted by Crippen LogP contribution is -2.64. The maximum absolute atomic E-state index is 12.5. The Kier molecular flexibility index (Phi) is 4.22. The second-order valence-corrected chi connectivity index (χ2v) is 5.67. The van der Waals surface area contributed by atoms with E-state index in [1.807, 2.05) is 35.2 Å². The lowest BCUT2D eigenvalue weighted by atomic mass is 9.95. The fraction of sp³-hybridized carbons (Fsp3) is 0.533. The van der Waals surface area contributed by atoms with Gasteiger partial charge in [0.2, 0.25) is 5.91 Å². The number of aliphatic hydroxyl groups is 1. The summed E-state index contributed by atoms with van der Waals surface area (Å²) in [6.07, 6.45) is 0.472. The van der Waals surface area contributed by atoms with Gasteiger partial charge in [-0.25, -0.2) is 0 Å². The van der Waals surface area contributed by atoms with Crippen molar-refractivity contribution in [2.45, 2.75) is 38.4 Å². The highest BCUT2D eigenvalue weighted by molar-refractivity contribution is 5.83. The van der Waals surface area contributed by atoms with Gasteiger partial charge in [-0.3, -0.25) is 4.79 Å². The first-order valence-electron chi connectivity index (χ1n) is 6.74. The molecule has 0 aliphatic carbocycles. The van der Waals surface area contributed by atoms with E-state index in [2.05, 4.69) is 19.2 Å². The molecule has 1 aromatic carbocycles. The van der Waals surface area contributed by atoms with Crippen LogP contribution in [0, 0.1) is 0 Å². The van der Waals surface area contributed by atoms with Crippen LogP contribution in [0.2, 0.25) is 0 Å². The topological polar surface area (TPSA) is 52.6 Å². The van der Waals surface area contributed by atoms with Gasteiger partial charge in [0.25, 0.3) is 0 Å². The Hall–Kier alpha value is -1.39. The van der Waals surface area contributed by atoms with Crippen molar-refractivity contribution >= 4 is 5.91 Å². The molecule has 0 saturated carbocycles. The number of hydrogen-bond donors (Lipinski definition) is 2. The number of aliphatic hydroxyl groups excluding tert-OH is 1. The molecule has 0 aromatic heterocycles. The molecule has 1 aliphatic rings. The molecule has 0 bridgehead atoms. The lowest BCUT2D eigenvalue weighted by molar-refractivity contribution is -0.144. The molecule has 1 heterocycles. The van der Waals surface area contributed by atoms with Crippen LogP contribution in [-0.4, -0.2) is 40.6 Å². The zero-order valence-corrected chi connectivity index (χ0v) is 11.6. The van der Waals surface area contributed by atoms with Crippen molar-refractivity contribution in [2.75, 3.05) is 13.2 Å². The molecule has 1 unspecified atom stereocenters. The SMILES string of the molecule is CC1(C)CNC(CCO)C(=O)N1Cc1ccccc1. The molecular formula is C15H22N2O2. The van der Waals surface area contributed by atoms with Crippen LogP contribution in [0.4, 0.5) is 0 Å². The van der Waals surface area contributed by atoms with Crippen LogP contribution >= 0.6 is 0 Å². The average molecular weight is 262 g/mol. The number of rotatable bonds is 4. The summed E-state index contributed by atoms with van der Waals surface area (Å²) in [6, 6.07) is 9.75. The number of nitrogens with zero attached hydrogens (tertiary/aromatic N) is 1. The van der Waals surface area contributed by atoms with Crippen molar-refractivity contribution in [3.63, 3.8) is 0 Å². The molecule has 1 fully saturated rings. The van der Waals surface area contributed by atoms with Crippen LogP contribution < -0.4 is 5.32 Å². The number of piperazine rings is 1. The number of benzene rings is 1. The van der Waals surface area contributed by atoms with Gasteiger partial charge in [0.15, 0.2) is 0 Å². The maximum atomic E-state index is 12.5. The standard InChI is InChI=1S/C15H22N2O2/c1-15(2)11-16-13(8-9-18)14(19)17(15)10-12-6-4-3-5-7-12/h3-7,13,16,18H,8-11H2,1-2H3. The number of carbonyl (C=O) groups excluding carboxylic acids is 1. The highest BCUT2D eigenvalue weighted by Crippen LogP contribution is 2.23. The average Bonchev–Trinajstić information content (AvgIpc) is 2.40. The summed E-state index contributed by atoms with van der Waals surface area (Å²) < 4.78 is 0. The van der Waals surface area contributed by atoms with Gasteiger partial charge >= 0.3 is 0 Å². The molecule has 1 amide bonds. The molecule has 1 saturated heterocycles. The van der Waals surface area contributed by atoms with Crippen molar-refractivity contribution < 1.29 is 9.90 Å². The van der Waals surface area contributed by atoms with Crippen molar-refractivity contribution in [2.24, 2.45) is 0 Å². The highest BCUT2D eigenvalue weighted by Gasteiger charge is 2.39. The summed E-state index contributed by atoms with van der Waals surface area (Å²) in [7, 11) is 0. The normalized spacial score (nSPS) is 22.6. The number of carbonyl (C=O) groups is 1. The molecule has 1 aromatic rings. The molecule has 1 atom stereocenters. The minimum Gasteiger partial charge on any atom is -0.396 e. The summed E-state index contributed by atoms with van der Waals surface area (Å²) in [5, 5.41) is 12.3. The van der Waals surface area contributed by atoms with Crippen molar-refractivity contribution in [1.29, 1.82) is 0 Å². The quantitative estimate of drug-likeness (QED) is 0.856. The lowest BCUT2D eigenvalue weighted by Gasteiger charge is -2.45. The summed E-state index contributed by atoms with van der Waals surface area (Å²) in [6.45, 7) is 5.53. The Bertz CT molecular complexity index is 431. The first-order valence-corrected chi connectivity index (χ1v) is 6.74. The number of nitrogens with one attached hydrogen (secondary N) is 1. The van der Waals surface area contributed by atoms with Gasteiger partial charge in [-0.1, -0.05) is 30.3 Å². The Labute approximate surface area is 114 Å². The Morgan fingerprint density at radius 1 is 1.37 bits per heavy atom. The second-order valence-electron chi connectivity index (χ2n) is 5.67. The maximum Gasteiger partial charge on any atom is 0.240 e. The van der Waals surface area contributed by atoms with Crippen LogP contribution in [0.15, 0.2) is 30.3 Å². The van der Waals surface area contributed by atoms with E-state index in [0.717, 1.165) is 12.1 Å². The van der Waals surface area contributed by atoms with Crippen molar-refractivity contribution in [3.8, 4) is 0 Å². The van der Waals surface area contributed by atoms with E-state index in [1.165, 1.54) is 0 Å². The van der Waals surface area contributed by atoms with Crippen molar-refractivity contribution in [1.82, 2.24) is 10.2 Å². The van der Waals surface area contributed by atoms with E-state index in [1.54, 1.807) is 0 Å². The fourth-order valence-electron chi connectivity index (χ4n) is 2.45. The highest BCUT2D eigenvalue weighted by atomic mass is 16.3. The second kappa shape index (κ2) is 5.72. The predicted octanol–water partition coefficient (Wildman–Crippen LogP) is 1.15. The van der Waals surface area contributed by atoms with E-state index in [0.29, 0.717) is 13.0 Å². The van der Waals surface area contributed by atoms with Crippen LogP contribution in [0.25, 0.3) is 0 Å². The van der Waals surface area contributed by atoms with E-state index >= 15 is 0 Å². The molecule has 2 N–H and O–H groups in total. The van der Waals surface area contributed by atoms with Gasteiger partial charge in [0.05, 0.1) is 11.6 Å². The first kappa shape index (κ1) is 14.0. The van der Waals surface area contributed by atoms with Crippen LogP contribution in [0.1, 0.15) is 25.8 Å². The molecule has 1 aliphatic heterocycles. The zero-order chi connectivity index (χ0) is 13.9. The Morgan fingerprint density at radius 3 is 2.68 bits per heavy atom. The Balaban J connectivity index is 2.16. The van der Waals surface area contributed by atoms with E-state index < -0.39 is 0 Å². The molecule has 0 spiro atoms. The van der Waals surface area contributed by atoms with Gasteiger partial charge in [0, 0.05) is 19.7 Å². The van der Waals surface area contributed by atoms with E-state index in [9.17, 15) is 4.79 Å². The van der Waals surface area contributed by atoms with Crippen LogP contribution in [-0.2, 0) is 11.3 Å². The van der Waals surface area contributed by atoms with Gasteiger partial charge in [-0.05, 0) is 25.8 Å². The molecular weight excluding hydrogens is 240 g/mol. The summed E-state index contributed by atoms with van der Waals surface area (Å²) in [5.74, 6) is 0.0779. The van der Waals surface area contributed by atoms with Gasteiger partial charge in [-0.2, -0.15) is 0 Å². The predicted molar refractivity (Wildman–Crippen MR) is 74.6 cm³/mol. The Morgan fingerprint density at radius 2 is 2.05 bits per heavy atom. The molecule has 4 nitrogen and oxygen atoms in total. The summed E-state index contributed by atoms with van der Waals surface area (Å²) in [5.41, 5.74) is 0.923. The molecule has 2 rings (SSSR count).